The van der Waals surface area contributed by atoms with Crippen LogP contribution in [0.1, 0.15) is 21.6 Å². The quantitative estimate of drug-likeness (QED) is 0.757. The fraction of sp³-hybridized carbons (Fsp3) is 0.231. The second kappa shape index (κ2) is 4.41. The van der Waals surface area contributed by atoms with Crippen LogP contribution >= 0.6 is 0 Å². The molecule has 0 saturated heterocycles. The molecule has 2 aromatic rings. The first-order valence-corrected chi connectivity index (χ1v) is 5.31. The Kier molecular flexibility index (Phi) is 2.95. The molecule has 2 rings (SSSR count). The summed E-state index contributed by atoms with van der Waals surface area (Å²) in [5, 5.41) is 4.07. The molecular formula is C13H14N2O2. The third-order valence-corrected chi connectivity index (χ3v) is 2.81. The van der Waals surface area contributed by atoms with Crippen molar-refractivity contribution in [2.24, 2.45) is 7.05 Å². The van der Waals surface area contributed by atoms with E-state index in [1.165, 1.54) is 0 Å². The third-order valence-electron chi connectivity index (χ3n) is 2.81. The van der Waals surface area contributed by atoms with E-state index >= 15 is 0 Å². The number of rotatable bonds is 3. The van der Waals surface area contributed by atoms with Crippen molar-refractivity contribution in [3.63, 3.8) is 0 Å². The maximum atomic E-state index is 12.2. The zero-order valence-electron chi connectivity index (χ0n) is 10.1. The molecule has 0 spiro atoms. The van der Waals surface area contributed by atoms with Gasteiger partial charge < -0.3 is 4.74 Å². The topological polar surface area (TPSA) is 44.1 Å². The summed E-state index contributed by atoms with van der Waals surface area (Å²) in [4.78, 5) is 12.2. The van der Waals surface area contributed by atoms with Crippen LogP contribution in [0.2, 0.25) is 0 Å². The van der Waals surface area contributed by atoms with Gasteiger partial charge in [0, 0.05) is 18.3 Å². The molecule has 0 unspecified atom stereocenters. The van der Waals surface area contributed by atoms with Gasteiger partial charge in [0.15, 0.2) is 5.78 Å². The van der Waals surface area contributed by atoms with Crippen molar-refractivity contribution < 1.29 is 9.53 Å². The normalized spacial score (nSPS) is 10.3. The first-order chi connectivity index (χ1) is 8.13. The second-order valence-electron chi connectivity index (χ2n) is 3.83. The lowest BCUT2D eigenvalue weighted by Gasteiger charge is -2.03. The Balaban J connectivity index is 2.40. The number of ketones is 1. The van der Waals surface area contributed by atoms with E-state index in [0.717, 1.165) is 5.69 Å². The molecule has 0 amide bonds. The molecule has 88 valence electrons. The van der Waals surface area contributed by atoms with Gasteiger partial charge in [-0.3, -0.25) is 9.48 Å². The number of nitrogens with zero attached hydrogens (tertiary/aromatic N) is 2. The van der Waals surface area contributed by atoms with E-state index in [4.69, 9.17) is 4.74 Å². The summed E-state index contributed by atoms with van der Waals surface area (Å²) in [6.07, 6.45) is 1.59. The molecule has 0 aliphatic carbocycles. The molecule has 0 aliphatic heterocycles. The first-order valence-electron chi connectivity index (χ1n) is 5.31. The number of aryl methyl sites for hydroxylation is 1. The largest absolute Gasteiger partial charge is 0.497 e. The molecule has 4 heteroatoms. The molecule has 1 aromatic carbocycles. The van der Waals surface area contributed by atoms with E-state index < -0.39 is 0 Å². The highest BCUT2D eigenvalue weighted by atomic mass is 16.5. The molecule has 0 N–H and O–H groups in total. The van der Waals surface area contributed by atoms with Crippen LogP contribution in [0.25, 0.3) is 0 Å². The van der Waals surface area contributed by atoms with Crippen LogP contribution in [0.3, 0.4) is 0 Å². The van der Waals surface area contributed by atoms with Gasteiger partial charge in [-0.05, 0) is 19.1 Å². The van der Waals surface area contributed by atoms with Gasteiger partial charge in [0.05, 0.1) is 18.9 Å². The maximum absolute atomic E-state index is 12.2. The number of benzene rings is 1. The molecule has 0 bridgehead atoms. The van der Waals surface area contributed by atoms with Crippen molar-refractivity contribution >= 4 is 5.78 Å². The van der Waals surface area contributed by atoms with Gasteiger partial charge in [-0.25, -0.2) is 0 Å². The Morgan fingerprint density at radius 1 is 1.41 bits per heavy atom. The van der Waals surface area contributed by atoms with Gasteiger partial charge in [-0.2, -0.15) is 5.10 Å². The van der Waals surface area contributed by atoms with E-state index in [0.29, 0.717) is 16.9 Å². The minimum atomic E-state index is -0.0329. The van der Waals surface area contributed by atoms with Gasteiger partial charge in [-0.1, -0.05) is 12.1 Å². The van der Waals surface area contributed by atoms with Crippen LogP contribution in [0, 0.1) is 6.92 Å². The molecule has 0 fully saturated rings. The zero-order chi connectivity index (χ0) is 12.4. The number of ether oxygens (including phenoxy) is 1. The average molecular weight is 230 g/mol. The summed E-state index contributed by atoms with van der Waals surface area (Å²) < 4.78 is 6.79. The highest BCUT2D eigenvalue weighted by Crippen LogP contribution is 2.17. The Morgan fingerprint density at radius 3 is 2.76 bits per heavy atom. The van der Waals surface area contributed by atoms with E-state index in [-0.39, 0.29) is 5.78 Å². The van der Waals surface area contributed by atoms with E-state index in [2.05, 4.69) is 5.10 Å². The van der Waals surface area contributed by atoms with Crippen molar-refractivity contribution in [2.75, 3.05) is 7.11 Å². The van der Waals surface area contributed by atoms with Crippen LogP contribution < -0.4 is 4.74 Å². The van der Waals surface area contributed by atoms with Crippen LogP contribution in [0.15, 0.2) is 30.5 Å². The Bertz CT molecular complexity index is 558. The SMILES string of the molecule is COc1cccc(C(=O)c2cnn(C)c2C)c1. The first kappa shape index (κ1) is 11.4. The molecule has 0 aliphatic rings. The minimum absolute atomic E-state index is 0.0329. The molecular weight excluding hydrogens is 216 g/mol. The number of carbonyl (C=O) groups is 1. The summed E-state index contributed by atoms with van der Waals surface area (Å²) in [5.41, 5.74) is 2.10. The smallest absolute Gasteiger partial charge is 0.196 e. The Hall–Kier alpha value is -2.10. The monoisotopic (exact) mass is 230 g/mol. The van der Waals surface area contributed by atoms with E-state index in [1.54, 1.807) is 36.2 Å². The standard InChI is InChI=1S/C13H14N2O2/c1-9-12(8-14-15(9)2)13(16)10-5-4-6-11(7-10)17-3/h4-8H,1-3H3. The van der Waals surface area contributed by atoms with Gasteiger partial charge in [-0.15, -0.1) is 0 Å². The Morgan fingerprint density at radius 2 is 2.18 bits per heavy atom. The third kappa shape index (κ3) is 2.06. The van der Waals surface area contributed by atoms with Crippen molar-refractivity contribution in [3.8, 4) is 5.75 Å². The molecule has 4 nitrogen and oxygen atoms in total. The molecule has 1 heterocycles. The van der Waals surface area contributed by atoms with Gasteiger partial charge in [0.1, 0.15) is 5.75 Å². The van der Waals surface area contributed by atoms with Gasteiger partial charge in [0.2, 0.25) is 0 Å². The average Bonchev–Trinajstić information content (AvgIpc) is 2.69. The maximum Gasteiger partial charge on any atom is 0.196 e. The summed E-state index contributed by atoms with van der Waals surface area (Å²) in [6.45, 7) is 1.88. The molecule has 1 aromatic heterocycles. The summed E-state index contributed by atoms with van der Waals surface area (Å²) in [5.74, 6) is 0.645. The lowest BCUT2D eigenvalue weighted by Crippen LogP contribution is -2.03. The zero-order valence-corrected chi connectivity index (χ0v) is 10.1. The van der Waals surface area contributed by atoms with Gasteiger partial charge >= 0.3 is 0 Å². The van der Waals surface area contributed by atoms with Crippen LogP contribution in [-0.4, -0.2) is 22.7 Å². The highest BCUT2D eigenvalue weighted by Gasteiger charge is 2.15. The van der Waals surface area contributed by atoms with Gasteiger partial charge in [0.25, 0.3) is 0 Å². The predicted molar refractivity (Wildman–Crippen MR) is 64.4 cm³/mol. The fourth-order valence-corrected chi connectivity index (χ4v) is 1.64. The summed E-state index contributed by atoms with van der Waals surface area (Å²) in [6, 6.07) is 7.12. The number of methoxy groups -OCH3 is 1. The van der Waals surface area contributed by atoms with Crippen molar-refractivity contribution in [3.05, 3.63) is 47.3 Å². The number of hydrogen-bond donors (Lipinski definition) is 0. The summed E-state index contributed by atoms with van der Waals surface area (Å²) >= 11 is 0. The number of carbonyl (C=O) groups excluding carboxylic acids is 1. The predicted octanol–water partition coefficient (Wildman–Crippen LogP) is 1.97. The highest BCUT2D eigenvalue weighted by molar-refractivity contribution is 6.09. The van der Waals surface area contributed by atoms with E-state index in [1.807, 2.05) is 20.0 Å². The molecule has 0 saturated carbocycles. The van der Waals surface area contributed by atoms with Crippen LogP contribution in [0.4, 0.5) is 0 Å². The lowest BCUT2D eigenvalue weighted by atomic mass is 10.0. The molecule has 0 radical (unpaired) electrons. The number of aromatic nitrogens is 2. The number of hydrogen-bond acceptors (Lipinski definition) is 3. The summed E-state index contributed by atoms with van der Waals surface area (Å²) in [7, 11) is 3.40. The van der Waals surface area contributed by atoms with Crippen molar-refractivity contribution in [1.82, 2.24) is 9.78 Å². The van der Waals surface area contributed by atoms with Crippen molar-refractivity contribution in [2.45, 2.75) is 6.92 Å². The minimum Gasteiger partial charge on any atom is -0.497 e. The lowest BCUT2D eigenvalue weighted by molar-refractivity contribution is 0.103. The fourth-order valence-electron chi connectivity index (χ4n) is 1.64. The van der Waals surface area contributed by atoms with Crippen LogP contribution in [0.5, 0.6) is 5.75 Å². The van der Waals surface area contributed by atoms with Crippen molar-refractivity contribution in [1.29, 1.82) is 0 Å². The Labute approximate surface area is 99.8 Å². The second-order valence-corrected chi connectivity index (χ2v) is 3.83. The molecule has 17 heavy (non-hydrogen) atoms. The van der Waals surface area contributed by atoms with E-state index in [9.17, 15) is 4.79 Å². The molecule has 0 atom stereocenters. The van der Waals surface area contributed by atoms with Crippen LogP contribution in [-0.2, 0) is 7.05 Å².